The van der Waals surface area contributed by atoms with Crippen LogP contribution in [0.25, 0.3) is 5.70 Å². The molecule has 15 heavy (non-hydrogen) atoms. The summed E-state index contributed by atoms with van der Waals surface area (Å²) < 4.78 is 0. The van der Waals surface area contributed by atoms with Crippen molar-refractivity contribution in [1.29, 1.82) is 0 Å². The molecule has 0 fully saturated rings. The van der Waals surface area contributed by atoms with E-state index in [1.54, 1.807) is 0 Å². The molecule has 1 aromatic rings. The summed E-state index contributed by atoms with van der Waals surface area (Å²) in [5.41, 5.74) is 8.53. The van der Waals surface area contributed by atoms with Crippen LogP contribution in [0, 0.1) is 0 Å². The first-order valence-electron chi connectivity index (χ1n) is 5.32. The van der Waals surface area contributed by atoms with Crippen LogP contribution in [-0.4, -0.2) is 6.21 Å². The van der Waals surface area contributed by atoms with Crippen LogP contribution >= 0.6 is 0 Å². The van der Waals surface area contributed by atoms with Crippen LogP contribution in [0.4, 0.5) is 5.69 Å². The molecule has 0 bridgehead atoms. The molecule has 0 atom stereocenters. The Kier molecular flexibility index (Phi) is 4.61. The van der Waals surface area contributed by atoms with Crippen molar-refractivity contribution in [1.82, 2.24) is 0 Å². The Morgan fingerprint density at radius 1 is 1.33 bits per heavy atom. The maximum atomic E-state index is 5.63. The van der Waals surface area contributed by atoms with E-state index in [4.69, 9.17) is 5.73 Å². The van der Waals surface area contributed by atoms with E-state index < -0.39 is 0 Å². The summed E-state index contributed by atoms with van der Waals surface area (Å²) in [7, 11) is 0. The summed E-state index contributed by atoms with van der Waals surface area (Å²) in [6, 6.07) is 7.78. The molecule has 0 aliphatic rings. The van der Waals surface area contributed by atoms with Gasteiger partial charge >= 0.3 is 0 Å². The van der Waals surface area contributed by atoms with Gasteiger partial charge in [0.25, 0.3) is 0 Å². The number of allylic oxidation sites excluding steroid dienone is 1. The molecule has 0 amide bonds. The molecule has 0 spiro atoms. The number of aliphatic imine (C=N–C) groups is 1. The van der Waals surface area contributed by atoms with Gasteiger partial charge in [-0.3, -0.25) is 4.99 Å². The second-order valence-corrected chi connectivity index (χ2v) is 3.40. The standard InChI is InChI=1S/C13H18N2/c1-3-5-10-15-13(4-2)11-6-8-12(14)9-7-11/h4,6-10H,3,5,14H2,1-2H3/b13-4-,15-10?. The molecule has 0 aliphatic heterocycles. The average molecular weight is 202 g/mol. The summed E-state index contributed by atoms with van der Waals surface area (Å²) >= 11 is 0. The van der Waals surface area contributed by atoms with Gasteiger partial charge in [0.15, 0.2) is 0 Å². The van der Waals surface area contributed by atoms with Crippen LogP contribution in [0.3, 0.4) is 0 Å². The molecule has 2 nitrogen and oxygen atoms in total. The Bertz CT molecular complexity index is 347. The van der Waals surface area contributed by atoms with Gasteiger partial charge in [-0.15, -0.1) is 0 Å². The van der Waals surface area contributed by atoms with E-state index in [-0.39, 0.29) is 0 Å². The second-order valence-electron chi connectivity index (χ2n) is 3.40. The molecule has 1 rings (SSSR count). The fraction of sp³-hybridized carbons (Fsp3) is 0.308. The minimum atomic E-state index is 0.784. The van der Waals surface area contributed by atoms with Crippen LogP contribution in [-0.2, 0) is 0 Å². The molecule has 1 aromatic carbocycles. The lowest BCUT2D eigenvalue weighted by Gasteiger charge is -2.01. The van der Waals surface area contributed by atoms with E-state index in [1.807, 2.05) is 43.5 Å². The van der Waals surface area contributed by atoms with Gasteiger partial charge in [0.05, 0.1) is 5.70 Å². The highest BCUT2D eigenvalue weighted by Crippen LogP contribution is 2.16. The smallest absolute Gasteiger partial charge is 0.0655 e. The highest BCUT2D eigenvalue weighted by molar-refractivity contribution is 5.74. The molecule has 2 heteroatoms. The number of hydrogen-bond acceptors (Lipinski definition) is 2. The summed E-state index contributed by atoms with van der Waals surface area (Å²) in [5.74, 6) is 0. The molecule has 0 saturated carbocycles. The molecule has 0 unspecified atom stereocenters. The van der Waals surface area contributed by atoms with E-state index in [2.05, 4.69) is 11.9 Å². The lowest BCUT2D eigenvalue weighted by atomic mass is 10.1. The largest absolute Gasteiger partial charge is 0.399 e. The predicted molar refractivity (Wildman–Crippen MR) is 67.9 cm³/mol. The molecule has 0 aromatic heterocycles. The quantitative estimate of drug-likeness (QED) is 0.589. The monoisotopic (exact) mass is 202 g/mol. The average Bonchev–Trinajstić information content (AvgIpc) is 2.26. The summed E-state index contributed by atoms with van der Waals surface area (Å²) in [6.45, 7) is 4.14. The van der Waals surface area contributed by atoms with Gasteiger partial charge in [0.1, 0.15) is 0 Å². The van der Waals surface area contributed by atoms with Gasteiger partial charge in [-0.2, -0.15) is 0 Å². The van der Waals surface area contributed by atoms with E-state index in [0.29, 0.717) is 0 Å². The number of rotatable bonds is 4. The van der Waals surface area contributed by atoms with Gasteiger partial charge in [-0.05, 0) is 31.0 Å². The zero-order chi connectivity index (χ0) is 11.1. The lowest BCUT2D eigenvalue weighted by molar-refractivity contribution is 1.01. The summed E-state index contributed by atoms with van der Waals surface area (Å²) in [4.78, 5) is 4.43. The van der Waals surface area contributed by atoms with E-state index in [9.17, 15) is 0 Å². The molecule has 0 saturated heterocycles. The lowest BCUT2D eigenvalue weighted by Crippen LogP contribution is -1.86. The van der Waals surface area contributed by atoms with Crippen molar-refractivity contribution in [2.45, 2.75) is 26.7 Å². The van der Waals surface area contributed by atoms with Gasteiger partial charge in [0, 0.05) is 11.9 Å². The van der Waals surface area contributed by atoms with Gasteiger partial charge in [-0.25, -0.2) is 0 Å². The Morgan fingerprint density at radius 3 is 2.53 bits per heavy atom. The molecule has 0 radical (unpaired) electrons. The highest BCUT2D eigenvalue weighted by Gasteiger charge is 1.96. The fourth-order valence-corrected chi connectivity index (χ4v) is 1.26. The first-order chi connectivity index (χ1) is 7.27. The van der Waals surface area contributed by atoms with Crippen LogP contribution in [0.5, 0.6) is 0 Å². The van der Waals surface area contributed by atoms with Crippen LogP contribution < -0.4 is 5.73 Å². The van der Waals surface area contributed by atoms with Crippen molar-refractivity contribution in [3.8, 4) is 0 Å². The fourth-order valence-electron chi connectivity index (χ4n) is 1.26. The summed E-state index contributed by atoms with van der Waals surface area (Å²) in [6.07, 6.45) is 6.12. The number of hydrogen-bond donors (Lipinski definition) is 1. The SMILES string of the molecule is C/C=C(\N=CCCC)c1ccc(N)cc1. The molecule has 0 aliphatic carbocycles. The molecule has 0 heterocycles. The normalized spacial score (nSPS) is 12.3. The van der Waals surface area contributed by atoms with Crippen LogP contribution in [0.2, 0.25) is 0 Å². The first kappa shape index (κ1) is 11.5. The molecule has 2 N–H and O–H groups in total. The minimum Gasteiger partial charge on any atom is -0.399 e. The topological polar surface area (TPSA) is 38.4 Å². The third-order valence-electron chi connectivity index (χ3n) is 2.13. The molecule has 80 valence electrons. The number of anilines is 1. The maximum Gasteiger partial charge on any atom is 0.0655 e. The van der Waals surface area contributed by atoms with Crippen molar-refractivity contribution in [3.63, 3.8) is 0 Å². The number of nitrogen functional groups attached to an aromatic ring is 1. The summed E-state index contributed by atoms with van der Waals surface area (Å²) in [5, 5.41) is 0. The van der Waals surface area contributed by atoms with Gasteiger partial charge < -0.3 is 5.73 Å². The van der Waals surface area contributed by atoms with Gasteiger partial charge in [-0.1, -0.05) is 31.6 Å². The van der Waals surface area contributed by atoms with Gasteiger partial charge in [0.2, 0.25) is 0 Å². The highest BCUT2D eigenvalue weighted by atomic mass is 14.7. The Balaban J connectivity index is 2.80. The molecular weight excluding hydrogens is 184 g/mol. The van der Waals surface area contributed by atoms with Crippen molar-refractivity contribution in [3.05, 3.63) is 35.9 Å². The van der Waals surface area contributed by atoms with Crippen molar-refractivity contribution in [2.75, 3.05) is 5.73 Å². The van der Waals surface area contributed by atoms with Crippen molar-refractivity contribution >= 4 is 17.6 Å². The van der Waals surface area contributed by atoms with E-state index >= 15 is 0 Å². The Morgan fingerprint density at radius 2 is 2.00 bits per heavy atom. The second kappa shape index (κ2) is 6.02. The first-order valence-corrected chi connectivity index (χ1v) is 5.32. The van der Waals surface area contributed by atoms with E-state index in [0.717, 1.165) is 29.8 Å². The maximum absolute atomic E-state index is 5.63. The van der Waals surface area contributed by atoms with E-state index in [1.165, 1.54) is 0 Å². The van der Waals surface area contributed by atoms with Crippen LogP contribution in [0.15, 0.2) is 35.3 Å². The zero-order valence-corrected chi connectivity index (χ0v) is 9.40. The zero-order valence-electron chi connectivity index (χ0n) is 9.40. The Labute approximate surface area is 91.5 Å². The van der Waals surface area contributed by atoms with Crippen molar-refractivity contribution < 1.29 is 0 Å². The third kappa shape index (κ3) is 3.58. The predicted octanol–water partition coefficient (Wildman–Crippen LogP) is 3.50. The number of nitrogens with zero attached hydrogens (tertiary/aromatic N) is 1. The minimum absolute atomic E-state index is 0.784. The number of nitrogens with two attached hydrogens (primary N) is 1. The molecular formula is C13H18N2. The Hall–Kier alpha value is -1.57. The van der Waals surface area contributed by atoms with Crippen LogP contribution in [0.1, 0.15) is 32.3 Å². The number of benzene rings is 1. The number of unbranched alkanes of at least 4 members (excludes halogenated alkanes) is 1. The third-order valence-corrected chi connectivity index (χ3v) is 2.13. The van der Waals surface area contributed by atoms with Crippen molar-refractivity contribution in [2.24, 2.45) is 4.99 Å².